The minimum Gasteiger partial charge on any atom is -0.490 e. The topological polar surface area (TPSA) is 39.7 Å². The Morgan fingerprint density at radius 1 is 1.26 bits per heavy atom. The standard InChI is InChI=1S/C15H25NO3/c1-12-6-5-7-14(10-16-8-9-17-3)15(12)19-11-13(2)18-4/h5-7,13,16H,8-11H2,1-4H3. The van der Waals surface area contributed by atoms with E-state index in [0.717, 1.165) is 24.4 Å². The predicted octanol–water partition coefficient (Wildman–Crippen LogP) is 2.14. The van der Waals surface area contributed by atoms with Crippen LogP contribution < -0.4 is 10.1 Å². The van der Waals surface area contributed by atoms with Gasteiger partial charge in [-0.2, -0.15) is 0 Å². The lowest BCUT2D eigenvalue weighted by molar-refractivity contribution is 0.0710. The van der Waals surface area contributed by atoms with Crippen LogP contribution in [-0.2, 0) is 16.0 Å². The van der Waals surface area contributed by atoms with E-state index >= 15 is 0 Å². The Hall–Kier alpha value is -1.10. The highest BCUT2D eigenvalue weighted by Crippen LogP contribution is 2.23. The normalized spacial score (nSPS) is 12.4. The van der Waals surface area contributed by atoms with E-state index in [1.54, 1.807) is 14.2 Å². The van der Waals surface area contributed by atoms with Crippen LogP contribution in [0.5, 0.6) is 5.75 Å². The Labute approximate surface area is 116 Å². The van der Waals surface area contributed by atoms with Gasteiger partial charge in [0.05, 0.1) is 12.7 Å². The molecule has 0 heterocycles. The monoisotopic (exact) mass is 267 g/mol. The third-order valence-corrected chi connectivity index (χ3v) is 2.96. The Morgan fingerprint density at radius 2 is 2.05 bits per heavy atom. The molecule has 0 amide bonds. The minimum absolute atomic E-state index is 0.0916. The Balaban J connectivity index is 2.61. The van der Waals surface area contributed by atoms with Crippen LogP contribution in [0.2, 0.25) is 0 Å². The van der Waals surface area contributed by atoms with Crippen molar-refractivity contribution < 1.29 is 14.2 Å². The maximum Gasteiger partial charge on any atom is 0.126 e. The molecule has 4 heteroatoms. The third kappa shape index (κ3) is 5.59. The minimum atomic E-state index is 0.0916. The second-order valence-electron chi connectivity index (χ2n) is 4.59. The molecule has 0 saturated heterocycles. The van der Waals surface area contributed by atoms with Gasteiger partial charge in [0, 0.05) is 32.9 Å². The smallest absolute Gasteiger partial charge is 0.126 e. The van der Waals surface area contributed by atoms with Gasteiger partial charge >= 0.3 is 0 Å². The van der Waals surface area contributed by atoms with Crippen LogP contribution in [0, 0.1) is 6.92 Å². The number of aryl methyl sites for hydroxylation is 1. The predicted molar refractivity (Wildman–Crippen MR) is 76.7 cm³/mol. The number of hydrogen-bond donors (Lipinski definition) is 1. The van der Waals surface area contributed by atoms with Gasteiger partial charge in [-0.05, 0) is 19.4 Å². The van der Waals surface area contributed by atoms with Crippen LogP contribution in [0.25, 0.3) is 0 Å². The molecular formula is C15H25NO3. The fourth-order valence-electron chi connectivity index (χ4n) is 1.72. The van der Waals surface area contributed by atoms with E-state index in [1.165, 1.54) is 5.56 Å². The maximum atomic E-state index is 5.88. The van der Waals surface area contributed by atoms with Gasteiger partial charge in [-0.3, -0.25) is 0 Å². The quantitative estimate of drug-likeness (QED) is 0.696. The Kier molecular flexibility index (Phi) is 7.48. The molecule has 1 N–H and O–H groups in total. The summed E-state index contributed by atoms with van der Waals surface area (Å²) in [5.74, 6) is 0.955. The van der Waals surface area contributed by atoms with E-state index in [2.05, 4.69) is 30.4 Å². The van der Waals surface area contributed by atoms with Crippen LogP contribution in [0.15, 0.2) is 18.2 Å². The van der Waals surface area contributed by atoms with E-state index in [0.29, 0.717) is 13.2 Å². The van der Waals surface area contributed by atoms with Crippen LogP contribution in [-0.4, -0.2) is 40.1 Å². The van der Waals surface area contributed by atoms with Gasteiger partial charge < -0.3 is 19.5 Å². The summed E-state index contributed by atoms with van der Waals surface area (Å²) in [7, 11) is 3.40. The molecule has 1 unspecified atom stereocenters. The van der Waals surface area contributed by atoms with Gasteiger partial charge in [-0.1, -0.05) is 18.2 Å². The lowest BCUT2D eigenvalue weighted by Gasteiger charge is -2.17. The number of rotatable bonds is 9. The van der Waals surface area contributed by atoms with E-state index in [1.807, 2.05) is 6.92 Å². The fraction of sp³-hybridized carbons (Fsp3) is 0.600. The number of methoxy groups -OCH3 is 2. The first-order valence-corrected chi connectivity index (χ1v) is 6.62. The maximum absolute atomic E-state index is 5.88. The largest absolute Gasteiger partial charge is 0.490 e. The van der Waals surface area contributed by atoms with Crippen LogP contribution in [0.1, 0.15) is 18.1 Å². The molecule has 1 aromatic rings. The van der Waals surface area contributed by atoms with Crippen molar-refractivity contribution in [3.8, 4) is 5.75 Å². The first-order valence-electron chi connectivity index (χ1n) is 6.62. The highest BCUT2D eigenvalue weighted by atomic mass is 16.5. The van der Waals surface area contributed by atoms with E-state index in [9.17, 15) is 0 Å². The molecule has 4 nitrogen and oxygen atoms in total. The molecule has 0 radical (unpaired) electrons. The lowest BCUT2D eigenvalue weighted by atomic mass is 10.1. The summed E-state index contributed by atoms with van der Waals surface area (Å²) in [6, 6.07) is 6.19. The summed E-state index contributed by atoms with van der Waals surface area (Å²) in [5, 5.41) is 3.34. The van der Waals surface area contributed by atoms with Crippen molar-refractivity contribution in [2.45, 2.75) is 26.5 Å². The molecule has 0 aliphatic carbocycles. The van der Waals surface area contributed by atoms with Crippen molar-refractivity contribution in [2.75, 3.05) is 34.0 Å². The number of hydrogen-bond acceptors (Lipinski definition) is 4. The highest BCUT2D eigenvalue weighted by molar-refractivity contribution is 5.40. The Morgan fingerprint density at radius 3 is 2.74 bits per heavy atom. The average Bonchev–Trinajstić information content (AvgIpc) is 2.42. The number of nitrogens with one attached hydrogen (secondary N) is 1. The molecule has 0 aliphatic heterocycles. The van der Waals surface area contributed by atoms with Crippen molar-refractivity contribution in [1.82, 2.24) is 5.32 Å². The van der Waals surface area contributed by atoms with Crippen molar-refractivity contribution in [2.24, 2.45) is 0 Å². The summed E-state index contributed by atoms with van der Waals surface area (Å²) in [5.41, 5.74) is 2.31. The van der Waals surface area contributed by atoms with E-state index in [4.69, 9.17) is 14.2 Å². The fourth-order valence-corrected chi connectivity index (χ4v) is 1.72. The van der Waals surface area contributed by atoms with Crippen LogP contribution >= 0.6 is 0 Å². The molecule has 1 aromatic carbocycles. The van der Waals surface area contributed by atoms with Gasteiger partial charge in [-0.25, -0.2) is 0 Å². The molecule has 0 spiro atoms. The molecule has 0 saturated carbocycles. The number of ether oxygens (including phenoxy) is 3. The highest BCUT2D eigenvalue weighted by Gasteiger charge is 2.08. The molecule has 19 heavy (non-hydrogen) atoms. The molecule has 0 fully saturated rings. The van der Waals surface area contributed by atoms with Gasteiger partial charge in [0.2, 0.25) is 0 Å². The van der Waals surface area contributed by atoms with Crippen molar-refractivity contribution >= 4 is 0 Å². The molecule has 108 valence electrons. The Bertz CT molecular complexity index is 368. The summed E-state index contributed by atoms with van der Waals surface area (Å²) < 4.78 is 16.1. The van der Waals surface area contributed by atoms with Crippen LogP contribution in [0.4, 0.5) is 0 Å². The molecule has 0 aliphatic rings. The molecule has 0 bridgehead atoms. The molecular weight excluding hydrogens is 242 g/mol. The summed E-state index contributed by atoms with van der Waals surface area (Å²) in [6.07, 6.45) is 0.0916. The number of benzene rings is 1. The summed E-state index contributed by atoms with van der Waals surface area (Å²) >= 11 is 0. The lowest BCUT2D eigenvalue weighted by Crippen LogP contribution is -2.21. The molecule has 1 rings (SSSR count). The molecule has 1 atom stereocenters. The van der Waals surface area contributed by atoms with Crippen LogP contribution in [0.3, 0.4) is 0 Å². The van der Waals surface area contributed by atoms with Crippen molar-refractivity contribution in [1.29, 1.82) is 0 Å². The van der Waals surface area contributed by atoms with Gasteiger partial charge in [0.1, 0.15) is 12.4 Å². The SMILES string of the molecule is COCCNCc1cccc(C)c1OCC(C)OC. The first-order chi connectivity index (χ1) is 9.19. The van der Waals surface area contributed by atoms with Gasteiger partial charge in [-0.15, -0.1) is 0 Å². The first kappa shape index (κ1) is 16.0. The second kappa shape index (κ2) is 8.91. The molecule has 0 aromatic heterocycles. The van der Waals surface area contributed by atoms with E-state index in [-0.39, 0.29) is 6.10 Å². The zero-order chi connectivity index (χ0) is 14.1. The average molecular weight is 267 g/mol. The third-order valence-electron chi connectivity index (χ3n) is 2.96. The van der Waals surface area contributed by atoms with E-state index < -0.39 is 0 Å². The van der Waals surface area contributed by atoms with Gasteiger partial charge in [0.25, 0.3) is 0 Å². The van der Waals surface area contributed by atoms with Crippen molar-refractivity contribution in [3.05, 3.63) is 29.3 Å². The number of para-hydroxylation sites is 1. The summed E-state index contributed by atoms with van der Waals surface area (Å²) in [6.45, 7) is 6.94. The zero-order valence-corrected chi connectivity index (χ0v) is 12.4. The van der Waals surface area contributed by atoms with Crippen molar-refractivity contribution in [3.63, 3.8) is 0 Å². The summed E-state index contributed by atoms with van der Waals surface area (Å²) in [4.78, 5) is 0. The van der Waals surface area contributed by atoms with Gasteiger partial charge in [0.15, 0.2) is 0 Å². The second-order valence-corrected chi connectivity index (χ2v) is 4.59. The zero-order valence-electron chi connectivity index (χ0n) is 12.4.